The second kappa shape index (κ2) is 7.60. The summed E-state index contributed by atoms with van der Waals surface area (Å²) in [5.41, 5.74) is 0.319. The van der Waals surface area contributed by atoms with Crippen LogP contribution in [0.25, 0.3) is 11.3 Å². The van der Waals surface area contributed by atoms with Gasteiger partial charge < -0.3 is 19.4 Å². The van der Waals surface area contributed by atoms with Gasteiger partial charge in [0.1, 0.15) is 23.3 Å². The normalized spacial score (nSPS) is 10.7. The van der Waals surface area contributed by atoms with E-state index in [1.54, 1.807) is 18.2 Å². The first-order chi connectivity index (χ1) is 12.5. The number of nitrogens with zero attached hydrogens (tertiary/aromatic N) is 2. The van der Waals surface area contributed by atoms with Gasteiger partial charge in [-0.1, -0.05) is 17.3 Å². The third-order valence-corrected chi connectivity index (χ3v) is 3.59. The van der Waals surface area contributed by atoms with Crippen LogP contribution in [0.1, 0.15) is 28.4 Å². The highest BCUT2D eigenvalue weighted by atomic mass is 19.1. The van der Waals surface area contributed by atoms with E-state index >= 15 is 0 Å². The van der Waals surface area contributed by atoms with Crippen LogP contribution in [-0.2, 0) is 17.8 Å². The minimum Gasteiger partial charge on any atom is -0.478 e. The molecule has 0 fully saturated rings. The number of carbonyl (C=O) groups excluding carboxylic acids is 1. The van der Waals surface area contributed by atoms with E-state index < -0.39 is 11.8 Å². The summed E-state index contributed by atoms with van der Waals surface area (Å²) < 4.78 is 23.8. The Labute approximate surface area is 146 Å². The van der Waals surface area contributed by atoms with Crippen LogP contribution in [0.4, 0.5) is 4.39 Å². The van der Waals surface area contributed by atoms with Crippen LogP contribution in [0, 0.1) is 5.82 Å². The third-order valence-electron chi connectivity index (χ3n) is 3.59. The zero-order valence-electron chi connectivity index (χ0n) is 13.4. The lowest BCUT2D eigenvalue weighted by atomic mass is 10.2. The molecule has 0 saturated heterocycles. The third kappa shape index (κ3) is 3.94. The Balaban J connectivity index is 1.53. The largest absolute Gasteiger partial charge is 0.478 e. The lowest BCUT2D eigenvalue weighted by molar-refractivity contribution is -0.121. The first-order valence-electron chi connectivity index (χ1n) is 7.67. The van der Waals surface area contributed by atoms with E-state index in [2.05, 4.69) is 20.0 Å². The summed E-state index contributed by atoms with van der Waals surface area (Å²) in [6.07, 6.45) is 2.68. The summed E-state index contributed by atoms with van der Waals surface area (Å²) >= 11 is 0. The number of carboxylic acid groups (broad SMARTS) is 1. The van der Waals surface area contributed by atoms with Crippen molar-refractivity contribution in [3.05, 3.63) is 59.7 Å². The number of aromatic carboxylic acids is 1. The van der Waals surface area contributed by atoms with Gasteiger partial charge in [0.25, 0.3) is 0 Å². The first kappa shape index (κ1) is 17.3. The average Bonchev–Trinajstić information content (AvgIpc) is 3.28. The van der Waals surface area contributed by atoms with Crippen molar-refractivity contribution < 1.29 is 28.0 Å². The second-order valence-corrected chi connectivity index (χ2v) is 5.35. The molecule has 1 aromatic carbocycles. The molecule has 9 heteroatoms. The molecule has 1 amide bonds. The van der Waals surface area contributed by atoms with Gasteiger partial charge in [0.2, 0.25) is 5.91 Å². The van der Waals surface area contributed by atoms with Crippen molar-refractivity contribution in [2.75, 3.05) is 0 Å². The maximum absolute atomic E-state index is 13.7. The van der Waals surface area contributed by atoms with Gasteiger partial charge in [-0.25, -0.2) is 14.2 Å². The molecule has 8 nitrogen and oxygen atoms in total. The van der Waals surface area contributed by atoms with Crippen LogP contribution in [0.3, 0.4) is 0 Å². The lowest BCUT2D eigenvalue weighted by Crippen LogP contribution is -2.24. The van der Waals surface area contributed by atoms with Gasteiger partial charge in [0.05, 0.1) is 18.3 Å². The molecule has 0 atom stereocenters. The van der Waals surface area contributed by atoms with E-state index in [9.17, 15) is 14.0 Å². The number of carboxylic acids is 1. The van der Waals surface area contributed by atoms with Gasteiger partial charge in [-0.15, -0.1) is 0 Å². The van der Waals surface area contributed by atoms with E-state index in [0.717, 1.165) is 6.26 Å². The van der Waals surface area contributed by atoms with Crippen LogP contribution in [-0.4, -0.2) is 27.1 Å². The van der Waals surface area contributed by atoms with Crippen molar-refractivity contribution in [2.24, 2.45) is 0 Å². The molecular weight excluding hydrogens is 345 g/mol. The predicted octanol–water partition coefficient (Wildman–Crippen LogP) is 2.42. The molecule has 0 saturated carbocycles. The molecule has 0 aliphatic rings. The van der Waals surface area contributed by atoms with Crippen LogP contribution in [0.2, 0.25) is 0 Å². The Morgan fingerprint density at radius 3 is 2.85 bits per heavy atom. The number of amides is 1. The van der Waals surface area contributed by atoms with Gasteiger partial charge in [0, 0.05) is 12.8 Å². The highest BCUT2D eigenvalue weighted by molar-refractivity contribution is 5.88. The monoisotopic (exact) mass is 359 g/mol. The Morgan fingerprint density at radius 1 is 1.27 bits per heavy atom. The van der Waals surface area contributed by atoms with E-state index in [-0.39, 0.29) is 42.3 Å². The molecule has 2 N–H and O–H groups in total. The molecule has 0 spiro atoms. The molecule has 134 valence electrons. The van der Waals surface area contributed by atoms with Crippen LogP contribution >= 0.6 is 0 Å². The molecule has 3 rings (SSSR count). The van der Waals surface area contributed by atoms with E-state index in [4.69, 9.17) is 9.52 Å². The van der Waals surface area contributed by atoms with Gasteiger partial charge in [-0.3, -0.25) is 4.79 Å². The SMILES string of the molecule is O=C(CCc1ncc(-c2ccccc2F)o1)NCc1nocc1C(=O)O. The fourth-order valence-corrected chi connectivity index (χ4v) is 2.26. The zero-order valence-corrected chi connectivity index (χ0v) is 13.4. The molecule has 3 aromatic rings. The fraction of sp³-hybridized carbons (Fsp3) is 0.176. The van der Waals surface area contributed by atoms with E-state index in [1.807, 2.05) is 0 Å². The van der Waals surface area contributed by atoms with Crippen LogP contribution < -0.4 is 5.32 Å². The van der Waals surface area contributed by atoms with Crippen molar-refractivity contribution in [1.29, 1.82) is 0 Å². The summed E-state index contributed by atoms with van der Waals surface area (Å²) in [5, 5.41) is 15.0. The van der Waals surface area contributed by atoms with Crippen molar-refractivity contribution >= 4 is 11.9 Å². The maximum Gasteiger partial charge on any atom is 0.341 e. The van der Waals surface area contributed by atoms with Gasteiger partial charge in [-0.2, -0.15) is 0 Å². The predicted molar refractivity (Wildman–Crippen MR) is 85.5 cm³/mol. The summed E-state index contributed by atoms with van der Waals surface area (Å²) in [7, 11) is 0. The van der Waals surface area contributed by atoms with E-state index in [0.29, 0.717) is 11.5 Å². The number of rotatable bonds is 7. The summed E-state index contributed by atoms with van der Waals surface area (Å²) in [6.45, 7) is -0.0664. The smallest absolute Gasteiger partial charge is 0.341 e. The Hall–Kier alpha value is -3.49. The number of oxazole rings is 1. The molecular formula is C17H14FN3O5. The number of benzene rings is 1. The van der Waals surface area contributed by atoms with Crippen molar-refractivity contribution in [3.63, 3.8) is 0 Å². The Bertz CT molecular complexity index is 934. The fourth-order valence-electron chi connectivity index (χ4n) is 2.26. The van der Waals surface area contributed by atoms with Crippen LogP contribution in [0.5, 0.6) is 0 Å². The standard InChI is InChI=1S/C17H14FN3O5/c18-12-4-2-1-3-10(12)14-8-20-16(26-14)6-5-15(22)19-7-13-11(17(23)24)9-25-21-13/h1-4,8-9H,5-7H2,(H,19,22)(H,23,24). The van der Waals surface area contributed by atoms with E-state index in [1.165, 1.54) is 12.3 Å². The molecule has 2 aromatic heterocycles. The number of carbonyl (C=O) groups is 2. The molecule has 26 heavy (non-hydrogen) atoms. The quantitative estimate of drug-likeness (QED) is 0.665. The minimum absolute atomic E-state index is 0.0664. The van der Waals surface area contributed by atoms with Gasteiger partial charge >= 0.3 is 5.97 Å². The number of hydrogen-bond donors (Lipinski definition) is 2. The lowest BCUT2D eigenvalue weighted by Gasteiger charge is -2.02. The number of aromatic nitrogens is 2. The molecule has 0 aliphatic heterocycles. The summed E-state index contributed by atoms with van der Waals surface area (Å²) in [5.74, 6) is -1.36. The number of halogens is 1. The average molecular weight is 359 g/mol. The molecule has 2 heterocycles. The van der Waals surface area contributed by atoms with Crippen molar-refractivity contribution in [3.8, 4) is 11.3 Å². The molecule has 0 radical (unpaired) electrons. The van der Waals surface area contributed by atoms with Gasteiger partial charge in [0.15, 0.2) is 11.7 Å². The highest BCUT2D eigenvalue weighted by Gasteiger charge is 2.16. The number of nitrogens with one attached hydrogen (secondary N) is 1. The zero-order chi connectivity index (χ0) is 18.5. The number of hydrogen-bond acceptors (Lipinski definition) is 6. The Morgan fingerprint density at radius 2 is 2.08 bits per heavy atom. The first-order valence-corrected chi connectivity index (χ1v) is 7.67. The maximum atomic E-state index is 13.7. The van der Waals surface area contributed by atoms with Crippen molar-refractivity contribution in [1.82, 2.24) is 15.5 Å². The summed E-state index contributed by atoms with van der Waals surface area (Å²) in [4.78, 5) is 26.8. The van der Waals surface area contributed by atoms with Crippen molar-refractivity contribution in [2.45, 2.75) is 19.4 Å². The Kier molecular flexibility index (Phi) is 5.07. The second-order valence-electron chi connectivity index (χ2n) is 5.35. The molecule has 0 aliphatic carbocycles. The molecule has 0 unspecified atom stereocenters. The minimum atomic E-state index is -1.18. The van der Waals surface area contributed by atoms with Gasteiger partial charge in [-0.05, 0) is 12.1 Å². The molecule has 0 bridgehead atoms. The summed E-state index contributed by atoms with van der Waals surface area (Å²) in [6, 6.07) is 6.15. The van der Waals surface area contributed by atoms with Crippen LogP contribution in [0.15, 0.2) is 45.7 Å². The highest BCUT2D eigenvalue weighted by Crippen LogP contribution is 2.23. The topological polar surface area (TPSA) is 118 Å². The number of aryl methyl sites for hydroxylation is 1.